The van der Waals surface area contributed by atoms with Crippen LogP contribution in [0.4, 0.5) is 4.39 Å². The van der Waals surface area contributed by atoms with Crippen LogP contribution >= 0.6 is 23.2 Å². The summed E-state index contributed by atoms with van der Waals surface area (Å²) in [5.74, 6) is 0.828. The molecule has 0 N–H and O–H groups in total. The lowest BCUT2D eigenvalue weighted by molar-refractivity contribution is 0.0975. The Bertz CT molecular complexity index is 378. The molecule has 0 aliphatic carbocycles. The van der Waals surface area contributed by atoms with E-state index in [-0.39, 0.29) is 11.6 Å². The molecule has 0 aromatic heterocycles. The first-order valence-corrected chi connectivity index (χ1v) is 7.37. The predicted molar refractivity (Wildman–Crippen MR) is 77.8 cm³/mol. The molecule has 0 spiro atoms. The summed E-state index contributed by atoms with van der Waals surface area (Å²) in [7, 11) is 0. The predicted octanol–water partition coefficient (Wildman–Crippen LogP) is 3.57. The van der Waals surface area contributed by atoms with Gasteiger partial charge in [0.1, 0.15) is 5.82 Å². The van der Waals surface area contributed by atoms with Gasteiger partial charge < -0.3 is 4.90 Å². The maximum atomic E-state index is 12.7. The summed E-state index contributed by atoms with van der Waals surface area (Å²) in [6.07, 6.45) is 1.21. The van der Waals surface area contributed by atoms with Gasteiger partial charge in [-0.2, -0.15) is 0 Å². The van der Waals surface area contributed by atoms with Gasteiger partial charge in [0.25, 0.3) is 0 Å². The number of benzene rings is 1. The highest BCUT2D eigenvalue weighted by molar-refractivity contribution is 6.18. The van der Waals surface area contributed by atoms with Gasteiger partial charge in [-0.1, -0.05) is 0 Å². The molecular formula is C14H18Cl2FNO. The van der Waals surface area contributed by atoms with Gasteiger partial charge in [-0.25, -0.2) is 4.39 Å². The monoisotopic (exact) mass is 305 g/mol. The fourth-order valence-corrected chi connectivity index (χ4v) is 2.30. The molecule has 5 heteroatoms. The van der Waals surface area contributed by atoms with E-state index in [0.29, 0.717) is 23.7 Å². The quantitative estimate of drug-likeness (QED) is 0.513. The fraction of sp³-hybridized carbons (Fsp3) is 0.500. The Kier molecular flexibility index (Phi) is 8.03. The van der Waals surface area contributed by atoms with E-state index in [9.17, 15) is 9.18 Å². The van der Waals surface area contributed by atoms with Crippen molar-refractivity contribution in [1.82, 2.24) is 4.90 Å². The Morgan fingerprint density at radius 3 is 2.16 bits per heavy atom. The molecule has 0 heterocycles. The standard InChI is InChI=1S/C14H18Cl2FNO/c15-7-10-18(11-8-16)9-1-2-14(19)12-3-5-13(17)6-4-12/h3-6H,1-2,7-11H2. The molecule has 0 radical (unpaired) electrons. The van der Waals surface area contributed by atoms with Crippen LogP contribution in [-0.2, 0) is 0 Å². The van der Waals surface area contributed by atoms with Crippen molar-refractivity contribution in [3.05, 3.63) is 35.6 Å². The second kappa shape index (κ2) is 9.29. The minimum Gasteiger partial charge on any atom is -0.301 e. The van der Waals surface area contributed by atoms with Gasteiger partial charge in [-0.3, -0.25) is 4.79 Å². The molecule has 0 amide bonds. The molecule has 2 nitrogen and oxygen atoms in total. The van der Waals surface area contributed by atoms with Gasteiger partial charge in [0.2, 0.25) is 0 Å². The summed E-state index contributed by atoms with van der Waals surface area (Å²) in [6, 6.07) is 5.65. The van der Waals surface area contributed by atoms with E-state index >= 15 is 0 Å². The molecule has 0 bridgehead atoms. The van der Waals surface area contributed by atoms with E-state index in [4.69, 9.17) is 23.2 Å². The number of carbonyl (C=O) groups excluding carboxylic acids is 1. The number of hydrogen-bond acceptors (Lipinski definition) is 2. The van der Waals surface area contributed by atoms with Crippen molar-refractivity contribution in [3.8, 4) is 0 Å². The Balaban J connectivity index is 2.35. The van der Waals surface area contributed by atoms with Crippen molar-refractivity contribution in [2.45, 2.75) is 12.8 Å². The zero-order valence-corrected chi connectivity index (χ0v) is 12.3. The van der Waals surface area contributed by atoms with Gasteiger partial charge in [-0.05, 0) is 37.2 Å². The van der Waals surface area contributed by atoms with Crippen LogP contribution in [0.15, 0.2) is 24.3 Å². The molecule has 0 saturated carbocycles. The lowest BCUT2D eigenvalue weighted by Gasteiger charge is -2.19. The largest absolute Gasteiger partial charge is 0.301 e. The van der Waals surface area contributed by atoms with Crippen molar-refractivity contribution in [1.29, 1.82) is 0 Å². The van der Waals surface area contributed by atoms with E-state index in [1.165, 1.54) is 24.3 Å². The van der Waals surface area contributed by atoms with Gasteiger partial charge in [0.15, 0.2) is 5.78 Å². The Hall–Kier alpha value is -0.640. The first-order valence-electron chi connectivity index (χ1n) is 6.30. The summed E-state index contributed by atoms with van der Waals surface area (Å²) in [5.41, 5.74) is 0.558. The van der Waals surface area contributed by atoms with E-state index in [2.05, 4.69) is 4.90 Å². The van der Waals surface area contributed by atoms with Crippen LogP contribution in [0, 0.1) is 5.82 Å². The highest BCUT2D eigenvalue weighted by atomic mass is 35.5. The molecule has 19 heavy (non-hydrogen) atoms. The van der Waals surface area contributed by atoms with E-state index < -0.39 is 0 Å². The van der Waals surface area contributed by atoms with Gasteiger partial charge in [0, 0.05) is 36.8 Å². The first kappa shape index (κ1) is 16.4. The molecule has 106 valence electrons. The molecule has 0 fully saturated rings. The summed E-state index contributed by atoms with van der Waals surface area (Å²) >= 11 is 11.4. The molecule has 0 unspecified atom stereocenters. The highest BCUT2D eigenvalue weighted by Gasteiger charge is 2.08. The van der Waals surface area contributed by atoms with Gasteiger partial charge in [0.05, 0.1) is 0 Å². The van der Waals surface area contributed by atoms with Crippen molar-refractivity contribution < 1.29 is 9.18 Å². The Labute approximate surface area is 123 Å². The van der Waals surface area contributed by atoms with E-state index in [1.807, 2.05) is 0 Å². The third kappa shape index (κ3) is 6.37. The third-order valence-electron chi connectivity index (χ3n) is 2.85. The van der Waals surface area contributed by atoms with Crippen LogP contribution in [0.1, 0.15) is 23.2 Å². The zero-order valence-electron chi connectivity index (χ0n) is 10.7. The maximum Gasteiger partial charge on any atom is 0.162 e. The lowest BCUT2D eigenvalue weighted by atomic mass is 10.1. The Morgan fingerprint density at radius 2 is 1.63 bits per heavy atom. The highest BCUT2D eigenvalue weighted by Crippen LogP contribution is 2.08. The normalized spacial score (nSPS) is 10.9. The molecule has 1 rings (SSSR count). The summed E-state index contributed by atoms with van der Waals surface area (Å²) in [4.78, 5) is 14.0. The molecule has 1 aromatic carbocycles. The number of halogens is 3. The maximum absolute atomic E-state index is 12.7. The van der Waals surface area contributed by atoms with Crippen molar-refractivity contribution in [2.24, 2.45) is 0 Å². The summed E-state index contributed by atoms with van der Waals surface area (Å²) in [6.45, 7) is 2.35. The SMILES string of the molecule is O=C(CCCN(CCCl)CCCl)c1ccc(F)cc1. The van der Waals surface area contributed by atoms with Gasteiger partial charge >= 0.3 is 0 Å². The van der Waals surface area contributed by atoms with Crippen molar-refractivity contribution >= 4 is 29.0 Å². The lowest BCUT2D eigenvalue weighted by Crippen LogP contribution is -2.29. The average Bonchev–Trinajstić information content (AvgIpc) is 2.40. The Morgan fingerprint density at radius 1 is 1.05 bits per heavy atom. The second-order valence-corrected chi connectivity index (χ2v) is 5.01. The smallest absolute Gasteiger partial charge is 0.162 e. The number of rotatable bonds is 9. The third-order valence-corrected chi connectivity index (χ3v) is 3.18. The number of nitrogens with zero attached hydrogens (tertiary/aromatic N) is 1. The van der Waals surface area contributed by atoms with Crippen molar-refractivity contribution in [2.75, 3.05) is 31.4 Å². The average molecular weight is 306 g/mol. The van der Waals surface area contributed by atoms with Crippen LogP contribution in [-0.4, -0.2) is 42.1 Å². The molecule has 0 aliphatic heterocycles. The van der Waals surface area contributed by atoms with Gasteiger partial charge in [-0.15, -0.1) is 23.2 Å². The molecule has 0 aliphatic rings. The van der Waals surface area contributed by atoms with Crippen LogP contribution < -0.4 is 0 Å². The van der Waals surface area contributed by atoms with Crippen molar-refractivity contribution in [3.63, 3.8) is 0 Å². The van der Waals surface area contributed by atoms with Crippen LogP contribution in [0.3, 0.4) is 0 Å². The number of Topliss-reactive ketones (excluding diaryl/α,β-unsaturated/α-hetero) is 1. The summed E-state index contributed by atoms with van der Waals surface area (Å²) in [5, 5.41) is 0. The number of ketones is 1. The number of hydrogen-bond donors (Lipinski definition) is 0. The van der Waals surface area contributed by atoms with Crippen LogP contribution in [0.2, 0.25) is 0 Å². The minimum absolute atomic E-state index is 0.0386. The van der Waals surface area contributed by atoms with Crippen LogP contribution in [0.5, 0.6) is 0 Å². The zero-order chi connectivity index (χ0) is 14.1. The minimum atomic E-state index is -0.327. The summed E-state index contributed by atoms with van der Waals surface area (Å²) < 4.78 is 12.7. The molecule has 0 atom stereocenters. The van der Waals surface area contributed by atoms with E-state index in [1.54, 1.807) is 0 Å². The van der Waals surface area contributed by atoms with E-state index in [0.717, 1.165) is 26.1 Å². The van der Waals surface area contributed by atoms with Crippen LogP contribution in [0.25, 0.3) is 0 Å². The molecular weight excluding hydrogens is 288 g/mol. The fourth-order valence-electron chi connectivity index (χ4n) is 1.82. The molecule has 0 saturated heterocycles. The topological polar surface area (TPSA) is 20.3 Å². The second-order valence-electron chi connectivity index (χ2n) is 4.25. The number of alkyl halides is 2. The first-order chi connectivity index (χ1) is 9.17. The number of carbonyl (C=O) groups is 1. The molecule has 1 aromatic rings.